The van der Waals surface area contributed by atoms with Crippen LogP contribution in [0.25, 0.3) is 5.69 Å². The summed E-state index contributed by atoms with van der Waals surface area (Å²) in [5.41, 5.74) is -0.987. The Balaban J connectivity index is 1.74. The average molecular weight is 576 g/mol. The molecule has 224 valence electrons. The summed E-state index contributed by atoms with van der Waals surface area (Å²) < 4.78 is 54.9. The highest BCUT2D eigenvalue weighted by Crippen LogP contribution is 2.58. The quantitative estimate of drug-likeness (QED) is 0.174. The van der Waals surface area contributed by atoms with Crippen LogP contribution in [0.4, 0.5) is 13.2 Å². The Morgan fingerprint density at radius 1 is 1.22 bits per heavy atom. The molecular formula is C31H40F3N3O4. The van der Waals surface area contributed by atoms with E-state index in [1.807, 2.05) is 13.0 Å². The van der Waals surface area contributed by atoms with Crippen molar-refractivity contribution in [1.29, 1.82) is 0 Å². The fourth-order valence-corrected chi connectivity index (χ4v) is 6.35. The van der Waals surface area contributed by atoms with E-state index >= 15 is 0 Å². The third kappa shape index (κ3) is 6.52. The van der Waals surface area contributed by atoms with Crippen LogP contribution in [0, 0.1) is 11.3 Å². The number of alkyl halides is 3. The number of para-hydroxylation sites is 1. The van der Waals surface area contributed by atoms with Gasteiger partial charge in [-0.15, -0.1) is 6.58 Å². The molecule has 1 saturated heterocycles. The molecule has 2 aromatic rings. The molecule has 4 rings (SSSR count). The Labute approximate surface area is 239 Å². The zero-order valence-corrected chi connectivity index (χ0v) is 23.8. The highest BCUT2D eigenvalue weighted by molar-refractivity contribution is 5.91. The van der Waals surface area contributed by atoms with Gasteiger partial charge in [-0.1, -0.05) is 31.6 Å². The van der Waals surface area contributed by atoms with Crippen molar-refractivity contribution in [3.05, 3.63) is 59.9 Å². The third-order valence-corrected chi connectivity index (χ3v) is 8.57. The van der Waals surface area contributed by atoms with Crippen molar-refractivity contribution >= 4 is 11.9 Å². The number of carbonyl (C=O) groups excluding carboxylic acids is 2. The van der Waals surface area contributed by atoms with Gasteiger partial charge in [-0.2, -0.15) is 18.3 Å². The number of allylic oxidation sites excluding steroid dienone is 1. The normalized spacial score (nSPS) is 20.7. The van der Waals surface area contributed by atoms with Gasteiger partial charge in [0.25, 0.3) is 0 Å². The van der Waals surface area contributed by atoms with Gasteiger partial charge >= 0.3 is 18.1 Å². The van der Waals surface area contributed by atoms with Gasteiger partial charge in [0.2, 0.25) is 0 Å². The van der Waals surface area contributed by atoms with Crippen molar-refractivity contribution in [3.8, 4) is 5.69 Å². The summed E-state index contributed by atoms with van der Waals surface area (Å²) in [5, 5.41) is 7.63. The van der Waals surface area contributed by atoms with E-state index < -0.39 is 29.7 Å². The summed E-state index contributed by atoms with van der Waals surface area (Å²) >= 11 is 0. The van der Waals surface area contributed by atoms with Gasteiger partial charge in [0, 0.05) is 11.3 Å². The Bertz CT molecular complexity index is 1220. The van der Waals surface area contributed by atoms with E-state index in [2.05, 4.69) is 17.0 Å². The number of ether oxygens (including phenoxy) is 2. The van der Waals surface area contributed by atoms with Crippen LogP contribution in [0.3, 0.4) is 0 Å². The van der Waals surface area contributed by atoms with Crippen molar-refractivity contribution in [1.82, 2.24) is 15.1 Å². The number of nitrogens with one attached hydrogen (secondary N) is 1. The number of nitrogens with zero attached hydrogens (tertiary/aromatic N) is 2. The Hall–Kier alpha value is -3.14. The molecule has 1 aliphatic heterocycles. The molecule has 7 nitrogen and oxygen atoms in total. The molecule has 0 amide bonds. The molecular weight excluding hydrogens is 535 g/mol. The minimum Gasteiger partial charge on any atom is -0.462 e. The molecule has 1 saturated carbocycles. The lowest BCUT2D eigenvalue weighted by Gasteiger charge is -2.56. The first-order valence-corrected chi connectivity index (χ1v) is 14.6. The van der Waals surface area contributed by atoms with Crippen molar-refractivity contribution < 1.29 is 32.2 Å². The van der Waals surface area contributed by atoms with Crippen LogP contribution in [0.1, 0.15) is 92.7 Å². The fraction of sp³-hybridized carbons (Fsp3) is 0.581. The van der Waals surface area contributed by atoms with Crippen molar-refractivity contribution in [2.24, 2.45) is 11.3 Å². The smallest absolute Gasteiger partial charge is 0.418 e. The minimum absolute atomic E-state index is 0.0927. The number of benzene rings is 1. The van der Waals surface area contributed by atoms with E-state index in [1.54, 1.807) is 6.92 Å². The zero-order valence-electron chi connectivity index (χ0n) is 23.8. The average Bonchev–Trinajstić information content (AvgIpc) is 3.39. The molecule has 3 unspecified atom stereocenters. The summed E-state index contributed by atoms with van der Waals surface area (Å²) in [6, 6.07) is 5.16. The molecule has 41 heavy (non-hydrogen) atoms. The molecule has 3 atom stereocenters. The Morgan fingerprint density at radius 2 is 1.95 bits per heavy atom. The van der Waals surface area contributed by atoms with E-state index in [1.165, 1.54) is 29.1 Å². The van der Waals surface area contributed by atoms with Gasteiger partial charge in [0.05, 0.1) is 35.7 Å². The SMILES string of the molecule is C=CCCCCC(CC)C(=O)OC1C(c2c(C(=O)OCC)cnn2-c2ccccc2C(F)(F)F)CC12CCNCC2. The molecule has 0 radical (unpaired) electrons. The monoisotopic (exact) mass is 575 g/mol. The van der Waals surface area contributed by atoms with E-state index in [4.69, 9.17) is 9.47 Å². The van der Waals surface area contributed by atoms with Gasteiger partial charge in [-0.3, -0.25) is 4.79 Å². The first-order chi connectivity index (χ1) is 19.7. The maximum absolute atomic E-state index is 14.0. The topological polar surface area (TPSA) is 82.5 Å². The molecule has 1 aromatic carbocycles. The summed E-state index contributed by atoms with van der Waals surface area (Å²) in [7, 11) is 0. The lowest BCUT2D eigenvalue weighted by atomic mass is 9.54. The molecule has 10 heteroatoms. The Kier molecular flexibility index (Phi) is 9.94. The highest BCUT2D eigenvalue weighted by Gasteiger charge is 2.59. The van der Waals surface area contributed by atoms with Crippen molar-refractivity contribution in [3.63, 3.8) is 0 Å². The predicted molar refractivity (Wildman–Crippen MR) is 149 cm³/mol. The minimum atomic E-state index is -4.63. The van der Waals surface area contributed by atoms with E-state index in [0.29, 0.717) is 25.0 Å². The lowest BCUT2D eigenvalue weighted by Crippen LogP contribution is -2.58. The van der Waals surface area contributed by atoms with E-state index in [-0.39, 0.29) is 35.2 Å². The molecule has 1 aromatic heterocycles. The second kappa shape index (κ2) is 13.2. The summed E-state index contributed by atoms with van der Waals surface area (Å²) in [5.74, 6) is -1.75. The number of esters is 2. The first-order valence-electron chi connectivity index (χ1n) is 14.6. The summed E-state index contributed by atoms with van der Waals surface area (Å²) in [4.78, 5) is 26.6. The predicted octanol–water partition coefficient (Wildman–Crippen LogP) is 6.61. The first kappa shape index (κ1) is 30.8. The van der Waals surface area contributed by atoms with Crippen LogP contribution in [0.5, 0.6) is 0 Å². The molecule has 0 bridgehead atoms. The highest BCUT2D eigenvalue weighted by atomic mass is 19.4. The molecule has 2 aliphatic rings. The largest absolute Gasteiger partial charge is 0.462 e. The van der Waals surface area contributed by atoms with Crippen molar-refractivity contribution in [2.45, 2.75) is 83.4 Å². The molecule has 2 fully saturated rings. The summed E-state index contributed by atoms with van der Waals surface area (Å²) in [6.45, 7) is 8.98. The van der Waals surface area contributed by atoms with Crippen LogP contribution < -0.4 is 5.32 Å². The van der Waals surface area contributed by atoms with Crippen molar-refractivity contribution in [2.75, 3.05) is 19.7 Å². The number of rotatable bonds is 12. The second-order valence-electron chi connectivity index (χ2n) is 11.0. The number of unbranched alkanes of at least 4 members (excludes halogenated alkanes) is 2. The zero-order chi connectivity index (χ0) is 29.6. The van der Waals surface area contributed by atoms with Crippen LogP contribution in [0.15, 0.2) is 43.1 Å². The molecule has 1 aliphatic carbocycles. The number of hydrogen-bond donors (Lipinski definition) is 1. The van der Waals surface area contributed by atoms with Gasteiger partial charge in [0.15, 0.2) is 0 Å². The Morgan fingerprint density at radius 3 is 2.61 bits per heavy atom. The van der Waals surface area contributed by atoms with Crippen LogP contribution in [-0.2, 0) is 20.4 Å². The molecule has 1 N–H and O–H groups in total. The fourth-order valence-electron chi connectivity index (χ4n) is 6.35. The number of piperidine rings is 1. The van der Waals surface area contributed by atoms with Gasteiger partial charge in [0.1, 0.15) is 11.7 Å². The second-order valence-corrected chi connectivity index (χ2v) is 11.0. The van der Waals surface area contributed by atoms with E-state index in [0.717, 1.165) is 51.3 Å². The lowest BCUT2D eigenvalue weighted by molar-refractivity contribution is -0.184. The standard InChI is InChI=1S/C31H40F3N3O4/c1-4-7-8-9-12-21(5-2)28(38)41-27-22(19-30(27)15-17-35-18-16-30)26-23(29(39)40-6-3)20-36-37(26)25-14-11-10-13-24(25)31(32,33)34/h4,10-11,13-14,20-22,27,35H,1,5-9,12,15-19H2,2-3H3. The third-order valence-electron chi connectivity index (χ3n) is 8.57. The number of halogens is 3. The molecule has 2 heterocycles. The molecule has 1 spiro atoms. The van der Waals surface area contributed by atoms with Gasteiger partial charge in [-0.25, -0.2) is 9.48 Å². The number of aromatic nitrogens is 2. The number of hydrogen-bond acceptors (Lipinski definition) is 6. The van der Waals surface area contributed by atoms with Gasteiger partial charge in [-0.05, 0) is 77.1 Å². The van der Waals surface area contributed by atoms with E-state index in [9.17, 15) is 22.8 Å². The van der Waals surface area contributed by atoms with Crippen LogP contribution in [0.2, 0.25) is 0 Å². The maximum atomic E-state index is 14.0. The number of carbonyl (C=O) groups is 2. The van der Waals surface area contributed by atoms with Crippen LogP contribution in [-0.4, -0.2) is 47.5 Å². The van der Waals surface area contributed by atoms with Gasteiger partial charge < -0.3 is 14.8 Å². The van der Waals surface area contributed by atoms with Crippen LogP contribution >= 0.6 is 0 Å². The maximum Gasteiger partial charge on any atom is 0.418 e. The summed E-state index contributed by atoms with van der Waals surface area (Å²) in [6.07, 6.45) is 4.00.